The first kappa shape index (κ1) is 11.9. The lowest BCUT2D eigenvalue weighted by Gasteiger charge is -2.33. The molecule has 1 aliphatic carbocycles. The number of esters is 1. The average molecular weight is 225 g/mol. The third kappa shape index (κ3) is 2.76. The largest absolute Gasteiger partial charge is 0.464 e. The van der Waals surface area contributed by atoms with E-state index in [1.165, 1.54) is 25.7 Å². The maximum absolute atomic E-state index is 11.9. The summed E-state index contributed by atoms with van der Waals surface area (Å²) < 4.78 is 5.39. The van der Waals surface area contributed by atoms with Crippen molar-refractivity contribution in [2.24, 2.45) is 5.92 Å². The summed E-state index contributed by atoms with van der Waals surface area (Å²) in [7, 11) is 0. The lowest BCUT2D eigenvalue weighted by Crippen LogP contribution is -2.53. The van der Waals surface area contributed by atoms with Gasteiger partial charge in [-0.25, -0.2) is 0 Å². The Balaban J connectivity index is 1.69. The number of rotatable bonds is 4. The second-order valence-corrected chi connectivity index (χ2v) is 5.44. The van der Waals surface area contributed by atoms with Gasteiger partial charge < -0.3 is 10.1 Å². The monoisotopic (exact) mass is 225 g/mol. The van der Waals surface area contributed by atoms with E-state index >= 15 is 0 Å². The molecule has 1 atom stereocenters. The first-order valence-corrected chi connectivity index (χ1v) is 6.63. The molecule has 92 valence electrons. The summed E-state index contributed by atoms with van der Waals surface area (Å²) in [6.45, 7) is 3.52. The number of hydrogen-bond acceptors (Lipinski definition) is 3. The second kappa shape index (κ2) is 5.17. The van der Waals surface area contributed by atoms with Crippen molar-refractivity contribution in [2.75, 3.05) is 13.2 Å². The summed E-state index contributed by atoms with van der Waals surface area (Å²) in [5, 5.41) is 3.29. The number of piperidine rings is 1. The van der Waals surface area contributed by atoms with E-state index < -0.39 is 5.54 Å². The Kier molecular flexibility index (Phi) is 3.85. The van der Waals surface area contributed by atoms with Crippen molar-refractivity contribution in [3.63, 3.8) is 0 Å². The van der Waals surface area contributed by atoms with Gasteiger partial charge in [-0.2, -0.15) is 0 Å². The van der Waals surface area contributed by atoms with Crippen molar-refractivity contribution >= 4 is 5.97 Å². The minimum Gasteiger partial charge on any atom is -0.464 e. The fourth-order valence-electron chi connectivity index (χ4n) is 2.49. The molecule has 1 heterocycles. The molecule has 0 aromatic rings. The van der Waals surface area contributed by atoms with Gasteiger partial charge >= 0.3 is 5.97 Å². The SMILES string of the molecule is CC1(C(=O)OCCC2CCC2)CCCCN1. The van der Waals surface area contributed by atoms with Crippen LogP contribution >= 0.6 is 0 Å². The lowest BCUT2D eigenvalue weighted by atomic mass is 9.83. The number of carbonyl (C=O) groups excluding carboxylic acids is 1. The van der Waals surface area contributed by atoms with Gasteiger partial charge in [0.25, 0.3) is 0 Å². The van der Waals surface area contributed by atoms with Crippen LogP contribution in [-0.4, -0.2) is 24.7 Å². The van der Waals surface area contributed by atoms with E-state index in [2.05, 4.69) is 5.32 Å². The van der Waals surface area contributed by atoms with Gasteiger partial charge in [-0.1, -0.05) is 19.3 Å². The van der Waals surface area contributed by atoms with E-state index in [-0.39, 0.29) is 5.97 Å². The maximum Gasteiger partial charge on any atom is 0.326 e. The zero-order valence-electron chi connectivity index (χ0n) is 10.3. The van der Waals surface area contributed by atoms with Gasteiger partial charge in [-0.05, 0) is 45.1 Å². The molecule has 0 bridgehead atoms. The number of carbonyl (C=O) groups is 1. The Morgan fingerprint density at radius 1 is 1.38 bits per heavy atom. The molecule has 2 aliphatic rings. The fraction of sp³-hybridized carbons (Fsp3) is 0.923. The van der Waals surface area contributed by atoms with Crippen LogP contribution in [0, 0.1) is 5.92 Å². The summed E-state index contributed by atoms with van der Waals surface area (Å²) in [4.78, 5) is 11.9. The second-order valence-electron chi connectivity index (χ2n) is 5.44. The van der Waals surface area contributed by atoms with Crippen LogP contribution < -0.4 is 5.32 Å². The minimum atomic E-state index is -0.419. The van der Waals surface area contributed by atoms with E-state index in [0.29, 0.717) is 6.61 Å². The molecule has 2 rings (SSSR count). The smallest absolute Gasteiger partial charge is 0.326 e. The molecule has 0 spiro atoms. The van der Waals surface area contributed by atoms with Gasteiger partial charge in [0.05, 0.1) is 6.61 Å². The van der Waals surface area contributed by atoms with Crippen LogP contribution in [0.2, 0.25) is 0 Å². The van der Waals surface area contributed by atoms with E-state index in [1.54, 1.807) is 0 Å². The molecule has 0 aromatic heterocycles. The van der Waals surface area contributed by atoms with Crippen molar-refractivity contribution in [2.45, 2.75) is 57.4 Å². The number of hydrogen-bond donors (Lipinski definition) is 1. The van der Waals surface area contributed by atoms with Crippen LogP contribution in [-0.2, 0) is 9.53 Å². The molecule has 1 saturated carbocycles. The molecule has 1 unspecified atom stereocenters. The zero-order valence-corrected chi connectivity index (χ0v) is 10.3. The fourth-order valence-corrected chi connectivity index (χ4v) is 2.49. The molecule has 3 nitrogen and oxygen atoms in total. The van der Waals surface area contributed by atoms with Crippen LogP contribution in [0.15, 0.2) is 0 Å². The van der Waals surface area contributed by atoms with Crippen molar-refractivity contribution in [1.82, 2.24) is 5.32 Å². The first-order valence-electron chi connectivity index (χ1n) is 6.63. The quantitative estimate of drug-likeness (QED) is 0.746. The van der Waals surface area contributed by atoms with Crippen LogP contribution in [0.25, 0.3) is 0 Å². The van der Waals surface area contributed by atoms with Crippen LogP contribution in [0.1, 0.15) is 51.9 Å². The molecule has 3 heteroatoms. The highest BCUT2D eigenvalue weighted by atomic mass is 16.5. The number of nitrogens with one attached hydrogen (secondary N) is 1. The predicted molar refractivity (Wildman–Crippen MR) is 63.2 cm³/mol. The molecule has 1 saturated heterocycles. The molecule has 0 radical (unpaired) electrons. The summed E-state index contributed by atoms with van der Waals surface area (Å²) in [6, 6.07) is 0. The van der Waals surface area contributed by atoms with E-state index in [0.717, 1.165) is 31.7 Å². The molecule has 16 heavy (non-hydrogen) atoms. The molecular formula is C13H23NO2. The normalized spacial score (nSPS) is 30.8. The van der Waals surface area contributed by atoms with Gasteiger partial charge in [-0.3, -0.25) is 4.79 Å². The van der Waals surface area contributed by atoms with Gasteiger partial charge in [-0.15, -0.1) is 0 Å². The van der Waals surface area contributed by atoms with Gasteiger partial charge in [0.15, 0.2) is 0 Å². The number of ether oxygens (including phenoxy) is 1. The molecular weight excluding hydrogens is 202 g/mol. The Morgan fingerprint density at radius 3 is 2.75 bits per heavy atom. The molecule has 1 aliphatic heterocycles. The summed E-state index contributed by atoms with van der Waals surface area (Å²) >= 11 is 0. The zero-order chi connectivity index (χ0) is 11.4. The van der Waals surface area contributed by atoms with Crippen LogP contribution in [0.3, 0.4) is 0 Å². The average Bonchev–Trinajstić information content (AvgIpc) is 2.22. The standard InChI is InChI=1S/C13H23NO2/c1-13(8-2-3-9-14-13)12(15)16-10-7-11-5-4-6-11/h11,14H,2-10H2,1H3. The third-order valence-corrected chi connectivity index (χ3v) is 4.05. The van der Waals surface area contributed by atoms with E-state index in [1.807, 2.05) is 6.92 Å². The lowest BCUT2D eigenvalue weighted by molar-refractivity contribution is -0.152. The molecule has 2 fully saturated rings. The van der Waals surface area contributed by atoms with Crippen molar-refractivity contribution in [1.29, 1.82) is 0 Å². The predicted octanol–water partition coefficient (Wildman–Crippen LogP) is 2.25. The first-order chi connectivity index (χ1) is 7.71. The highest BCUT2D eigenvalue weighted by Gasteiger charge is 2.35. The van der Waals surface area contributed by atoms with Gasteiger partial charge in [0, 0.05) is 0 Å². The van der Waals surface area contributed by atoms with Crippen LogP contribution in [0.4, 0.5) is 0 Å². The molecule has 0 amide bonds. The minimum absolute atomic E-state index is 0.0495. The van der Waals surface area contributed by atoms with Gasteiger partial charge in [0.2, 0.25) is 0 Å². The Labute approximate surface area is 97.9 Å². The summed E-state index contributed by atoms with van der Waals surface area (Å²) in [5.41, 5.74) is -0.419. The van der Waals surface area contributed by atoms with E-state index in [9.17, 15) is 4.79 Å². The van der Waals surface area contributed by atoms with E-state index in [4.69, 9.17) is 4.74 Å². The molecule has 0 aromatic carbocycles. The maximum atomic E-state index is 11.9. The Bertz CT molecular complexity index is 242. The Hall–Kier alpha value is -0.570. The van der Waals surface area contributed by atoms with Crippen molar-refractivity contribution in [3.05, 3.63) is 0 Å². The van der Waals surface area contributed by atoms with Crippen molar-refractivity contribution < 1.29 is 9.53 Å². The highest BCUT2D eigenvalue weighted by molar-refractivity contribution is 5.80. The molecule has 1 N–H and O–H groups in total. The summed E-state index contributed by atoms with van der Waals surface area (Å²) in [6.07, 6.45) is 8.28. The Morgan fingerprint density at radius 2 is 2.19 bits per heavy atom. The topological polar surface area (TPSA) is 38.3 Å². The third-order valence-electron chi connectivity index (χ3n) is 4.05. The highest BCUT2D eigenvalue weighted by Crippen LogP contribution is 2.29. The van der Waals surface area contributed by atoms with Crippen molar-refractivity contribution in [3.8, 4) is 0 Å². The van der Waals surface area contributed by atoms with Crippen LogP contribution in [0.5, 0.6) is 0 Å². The summed E-state index contributed by atoms with van der Waals surface area (Å²) in [5.74, 6) is 0.770. The van der Waals surface area contributed by atoms with Gasteiger partial charge in [0.1, 0.15) is 5.54 Å².